The number of carbonyl (C=O) groups is 2. The highest BCUT2D eigenvalue weighted by Crippen LogP contribution is 2.27. The van der Waals surface area contributed by atoms with Crippen LogP contribution in [0.4, 0.5) is 14.5 Å². The summed E-state index contributed by atoms with van der Waals surface area (Å²) in [6, 6.07) is 12.7. The molecule has 0 spiro atoms. The van der Waals surface area contributed by atoms with E-state index in [0.29, 0.717) is 13.1 Å². The number of halogens is 2. The molecule has 0 aliphatic carbocycles. The molecule has 0 bridgehead atoms. The summed E-state index contributed by atoms with van der Waals surface area (Å²) >= 11 is 0. The van der Waals surface area contributed by atoms with Gasteiger partial charge in [-0.25, -0.2) is 13.7 Å². The Morgan fingerprint density at radius 3 is 2.29 bits per heavy atom. The molecule has 2 aliphatic rings. The van der Waals surface area contributed by atoms with Crippen LogP contribution in [0.15, 0.2) is 48.5 Å². The number of imide groups is 1. The van der Waals surface area contributed by atoms with Gasteiger partial charge in [-0.05, 0) is 17.7 Å². The number of anilines is 1. The predicted molar refractivity (Wildman–Crippen MR) is 101 cm³/mol. The zero-order chi connectivity index (χ0) is 19.7. The highest BCUT2D eigenvalue weighted by molar-refractivity contribution is 6.22. The van der Waals surface area contributed by atoms with Crippen molar-refractivity contribution < 1.29 is 18.4 Å². The highest BCUT2D eigenvalue weighted by atomic mass is 19.2. The van der Waals surface area contributed by atoms with E-state index >= 15 is 0 Å². The first-order valence-corrected chi connectivity index (χ1v) is 9.35. The van der Waals surface area contributed by atoms with Crippen LogP contribution in [0, 0.1) is 11.6 Å². The number of carbonyl (C=O) groups excluding carboxylic acids is 2. The van der Waals surface area contributed by atoms with Gasteiger partial charge in [-0.1, -0.05) is 30.3 Å². The number of rotatable bonds is 4. The van der Waals surface area contributed by atoms with Crippen LogP contribution in [0.5, 0.6) is 0 Å². The highest BCUT2D eigenvalue weighted by Gasteiger charge is 2.43. The van der Waals surface area contributed by atoms with E-state index in [9.17, 15) is 18.4 Å². The Bertz CT molecular complexity index is 882. The maximum atomic E-state index is 13.5. The third-order valence-corrected chi connectivity index (χ3v) is 5.38. The number of hydrogen-bond donors (Lipinski definition) is 0. The summed E-state index contributed by atoms with van der Waals surface area (Å²) in [5, 5.41) is 0. The van der Waals surface area contributed by atoms with Gasteiger partial charge in [0.1, 0.15) is 0 Å². The van der Waals surface area contributed by atoms with Gasteiger partial charge in [0.15, 0.2) is 11.6 Å². The molecule has 2 amide bonds. The van der Waals surface area contributed by atoms with Gasteiger partial charge in [0.2, 0.25) is 5.91 Å². The van der Waals surface area contributed by atoms with Crippen molar-refractivity contribution in [1.29, 1.82) is 0 Å². The Labute approximate surface area is 162 Å². The maximum Gasteiger partial charge on any atom is 0.251 e. The molecule has 0 N–H and O–H groups in total. The van der Waals surface area contributed by atoms with Gasteiger partial charge < -0.3 is 0 Å². The minimum absolute atomic E-state index is 0.0660. The fourth-order valence-corrected chi connectivity index (χ4v) is 3.87. The number of benzene rings is 2. The van der Waals surface area contributed by atoms with Gasteiger partial charge in [-0.2, -0.15) is 0 Å². The molecule has 0 saturated carbocycles. The van der Waals surface area contributed by atoms with Gasteiger partial charge in [0, 0.05) is 38.8 Å². The average Bonchev–Trinajstić information content (AvgIpc) is 3.00. The summed E-state index contributed by atoms with van der Waals surface area (Å²) in [7, 11) is 0. The Hall–Kier alpha value is -2.64. The number of hydrogen-bond acceptors (Lipinski definition) is 4. The van der Waals surface area contributed by atoms with E-state index in [-0.39, 0.29) is 23.9 Å². The molecule has 0 unspecified atom stereocenters. The second kappa shape index (κ2) is 7.77. The molecule has 2 aromatic carbocycles. The Morgan fingerprint density at radius 1 is 0.893 bits per heavy atom. The second-order valence-electron chi connectivity index (χ2n) is 7.18. The van der Waals surface area contributed by atoms with Gasteiger partial charge in [0.05, 0.1) is 18.2 Å². The summed E-state index contributed by atoms with van der Waals surface area (Å²) in [6.07, 6.45) is 0.0660. The Morgan fingerprint density at radius 2 is 1.61 bits per heavy atom. The fourth-order valence-electron chi connectivity index (χ4n) is 3.87. The molecule has 2 aromatic rings. The van der Waals surface area contributed by atoms with Crippen LogP contribution in [0.25, 0.3) is 0 Å². The summed E-state index contributed by atoms with van der Waals surface area (Å²) in [5.74, 6) is -2.83. The lowest BCUT2D eigenvalue weighted by Crippen LogP contribution is -2.52. The SMILES string of the molecule is O=C1C[C@H](N2CCN(Cc3ccccc3)CC2)C(=O)N1c1ccc(F)c(F)c1. The normalized spacial score (nSPS) is 21.5. The van der Waals surface area contributed by atoms with Crippen LogP contribution in [-0.2, 0) is 16.1 Å². The summed E-state index contributed by atoms with van der Waals surface area (Å²) < 4.78 is 26.7. The second-order valence-corrected chi connectivity index (χ2v) is 7.18. The molecule has 146 valence electrons. The molecule has 5 nitrogen and oxygen atoms in total. The Kier molecular flexibility index (Phi) is 5.19. The topological polar surface area (TPSA) is 43.9 Å². The van der Waals surface area contributed by atoms with Crippen molar-refractivity contribution in [3.05, 3.63) is 65.7 Å². The zero-order valence-electron chi connectivity index (χ0n) is 15.4. The van der Waals surface area contributed by atoms with E-state index in [2.05, 4.69) is 17.0 Å². The molecule has 2 fully saturated rings. The van der Waals surface area contributed by atoms with E-state index in [1.165, 1.54) is 11.6 Å². The predicted octanol–water partition coefficient (Wildman–Crippen LogP) is 2.41. The quantitative estimate of drug-likeness (QED) is 0.759. The van der Waals surface area contributed by atoms with Crippen LogP contribution < -0.4 is 4.90 Å². The minimum Gasteiger partial charge on any atom is -0.297 e. The molecule has 0 aromatic heterocycles. The van der Waals surface area contributed by atoms with Crippen molar-refractivity contribution in [3.8, 4) is 0 Å². The van der Waals surface area contributed by atoms with Gasteiger partial charge >= 0.3 is 0 Å². The smallest absolute Gasteiger partial charge is 0.251 e. The van der Waals surface area contributed by atoms with E-state index in [1.54, 1.807) is 0 Å². The lowest BCUT2D eigenvalue weighted by molar-refractivity contribution is -0.123. The average molecular weight is 385 g/mol. The van der Waals surface area contributed by atoms with Crippen LogP contribution in [0.3, 0.4) is 0 Å². The Balaban J connectivity index is 1.40. The molecule has 0 radical (unpaired) electrons. The third-order valence-electron chi connectivity index (χ3n) is 5.38. The number of nitrogens with zero attached hydrogens (tertiary/aromatic N) is 3. The summed E-state index contributed by atoms with van der Waals surface area (Å²) in [6.45, 7) is 3.83. The largest absolute Gasteiger partial charge is 0.297 e. The van der Waals surface area contributed by atoms with Crippen LogP contribution in [0.2, 0.25) is 0 Å². The first-order valence-electron chi connectivity index (χ1n) is 9.35. The molecule has 4 rings (SSSR count). The van der Waals surface area contributed by atoms with Gasteiger partial charge in [0.25, 0.3) is 5.91 Å². The van der Waals surface area contributed by atoms with Crippen molar-refractivity contribution in [2.75, 3.05) is 31.1 Å². The van der Waals surface area contributed by atoms with E-state index in [0.717, 1.165) is 36.7 Å². The van der Waals surface area contributed by atoms with Gasteiger partial charge in [-0.15, -0.1) is 0 Å². The monoisotopic (exact) mass is 385 g/mol. The lowest BCUT2D eigenvalue weighted by atomic mass is 10.1. The maximum absolute atomic E-state index is 13.5. The van der Waals surface area contributed by atoms with Crippen LogP contribution in [-0.4, -0.2) is 53.8 Å². The molecular formula is C21H21F2N3O2. The van der Waals surface area contributed by atoms with Crippen molar-refractivity contribution >= 4 is 17.5 Å². The van der Waals surface area contributed by atoms with Crippen molar-refractivity contribution in [2.45, 2.75) is 19.0 Å². The molecule has 2 heterocycles. The molecular weight excluding hydrogens is 364 g/mol. The first-order chi connectivity index (χ1) is 13.5. The van der Waals surface area contributed by atoms with E-state index < -0.39 is 17.7 Å². The molecule has 2 saturated heterocycles. The molecule has 1 atom stereocenters. The van der Waals surface area contributed by atoms with Gasteiger partial charge in [-0.3, -0.25) is 19.4 Å². The standard InChI is InChI=1S/C21H21F2N3O2/c22-17-7-6-16(12-18(17)23)26-20(27)13-19(21(26)28)25-10-8-24(9-11-25)14-15-4-2-1-3-5-15/h1-7,12,19H,8-11,13-14H2/t19-/m0/s1. The van der Waals surface area contributed by atoms with Crippen molar-refractivity contribution in [1.82, 2.24) is 9.80 Å². The van der Waals surface area contributed by atoms with Crippen LogP contribution >= 0.6 is 0 Å². The first kappa shape index (κ1) is 18.7. The van der Waals surface area contributed by atoms with E-state index in [4.69, 9.17) is 0 Å². The van der Waals surface area contributed by atoms with Crippen molar-refractivity contribution in [3.63, 3.8) is 0 Å². The summed E-state index contributed by atoms with van der Waals surface area (Å²) in [4.78, 5) is 30.5. The third kappa shape index (κ3) is 3.68. The number of amides is 2. The molecule has 2 aliphatic heterocycles. The van der Waals surface area contributed by atoms with E-state index in [1.807, 2.05) is 23.1 Å². The summed E-state index contributed by atoms with van der Waals surface area (Å²) in [5.41, 5.74) is 1.33. The lowest BCUT2D eigenvalue weighted by Gasteiger charge is -2.37. The zero-order valence-corrected chi connectivity index (χ0v) is 15.4. The fraction of sp³-hybridized carbons (Fsp3) is 0.333. The number of piperazine rings is 1. The molecule has 7 heteroatoms. The van der Waals surface area contributed by atoms with Crippen LogP contribution in [0.1, 0.15) is 12.0 Å². The van der Waals surface area contributed by atoms with Crippen molar-refractivity contribution in [2.24, 2.45) is 0 Å². The minimum atomic E-state index is -1.07. The molecule has 28 heavy (non-hydrogen) atoms.